The zero-order chi connectivity index (χ0) is 14.2. The SMILES string of the molecule is CC(C)C1CCC(C)(n2cc(-n3ccnc3)cn2)CC1. The second kappa shape index (κ2) is 5.08. The van der Waals surface area contributed by atoms with Gasteiger partial charge in [-0.3, -0.25) is 4.68 Å². The summed E-state index contributed by atoms with van der Waals surface area (Å²) < 4.78 is 4.17. The van der Waals surface area contributed by atoms with Gasteiger partial charge in [0.25, 0.3) is 0 Å². The summed E-state index contributed by atoms with van der Waals surface area (Å²) in [5.74, 6) is 1.69. The van der Waals surface area contributed by atoms with Gasteiger partial charge in [0.1, 0.15) is 0 Å². The van der Waals surface area contributed by atoms with Gasteiger partial charge in [-0.25, -0.2) is 4.98 Å². The van der Waals surface area contributed by atoms with E-state index >= 15 is 0 Å². The van der Waals surface area contributed by atoms with E-state index in [1.807, 2.05) is 23.3 Å². The first-order valence-corrected chi connectivity index (χ1v) is 7.62. The summed E-state index contributed by atoms with van der Waals surface area (Å²) in [7, 11) is 0. The summed E-state index contributed by atoms with van der Waals surface area (Å²) in [4.78, 5) is 4.09. The first-order chi connectivity index (χ1) is 9.58. The van der Waals surface area contributed by atoms with Gasteiger partial charge in [-0.2, -0.15) is 5.10 Å². The van der Waals surface area contributed by atoms with Gasteiger partial charge in [0, 0.05) is 18.6 Å². The van der Waals surface area contributed by atoms with E-state index in [0.29, 0.717) is 0 Å². The molecule has 0 unspecified atom stereocenters. The summed E-state index contributed by atoms with van der Waals surface area (Å²) in [6.07, 6.45) is 14.7. The van der Waals surface area contributed by atoms with Crippen molar-refractivity contribution < 1.29 is 0 Å². The van der Waals surface area contributed by atoms with Gasteiger partial charge >= 0.3 is 0 Å². The predicted octanol–water partition coefficient (Wildman–Crippen LogP) is 3.63. The largest absolute Gasteiger partial charge is 0.303 e. The van der Waals surface area contributed by atoms with E-state index in [-0.39, 0.29) is 5.54 Å². The van der Waals surface area contributed by atoms with Gasteiger partial charge in [-0.1, -0.05) is 13.8 Å². The van der Waals surface area contributed by atoms with Crippen LogP contribution in [-0.2, 0) is 5.54 Å². The molecule has 2 aromatic rings. The maximum absolute atomic E-state index is 4.61. The number of rotatable bonds is 3. The highest BCUT2D eigenvalue weighted by molar-refractivity contribution is 5.25. The maximum Gasteiger partial charge on any atom is 0.0992 e. The lowest BCUT2D eigenvalue weighted by atomic mass is 9.74. The highest BCUT2D eigenvalue weighted by Gasteiger charge is 2.34. The molecule has 20 heavy (non-hydrogen) atoms. The molecule has 108 valence electrons. The van der Waals surface area contributed by atoms with Crippen LogP contribution in [0.15, 0.2) is 31.1 Å². The summed E-state index contributed by atoms with van der Waals surface area (Å²) in [6, 6.07) is 0. The minimum atomic E-state index is 0.171. The fourth-order valence-corrected chi connectivity index (χ4v) is 3.31. The Morgan fingerprint density at radius 1 is 1.30 bits per heavy atom. The Balaban J connectivity index is 1.76. The third-order valence-corrected chi connectivity index (χ3v) is 4.97. The highest BCUT2D eigenvalue weighted by atomic mass is 15.3. The normalized spacial score (nSPS) is 27.1. The smallest absolute Gasteiger partial charge is 0.0992 e. The molecule has 4 heteroatoms. The quantitative estimate of drug-likeness (QED) is 0.855. The number of hydrogen-bond donors (Lipinski definition) is 0. The predicted molar refractivity (Wildman–Crippen MR) is 79.8 cm³/mol. The van der Waals surface area contributed by atoms with Crippen LogP contribution in [-0.4, -0.2) is 19.3 Å². The van der Waals surface area contributed by atoms with E-state index in [1.165, 1.54) is 25.7 Å². The van der Waals surface area contributed by atoms with Crippen molar-refractivity contribution in [2.75, 3.05) is 0 Å². The van der Waals surface area contributed by atoms with Crippen molar-refractivity contribution >= 4 is 0 Å². The summed E-state index contributed by atoms with van der Waals surface area (Å²) >= 11 is 0. The van der Waals surface area contributed by atoms with E-state index in [4.69, 9.17) is 0 Å². The Labute approximate surface area is 120 Å². The third-order valence-electron chi connectivity index (χ3n) is 4.97. The lowest BCUT2D eigenvalue weighted by molar-refractivity contribution is 0.136. The van der Waals surface area contributed by atoms with Crippen LogP contribution in [0.2, 0.25) is 0 Å². The molecule has 4 nitrogen and oxygen atoms in total. The van der Waals surface area contributed by atoms with Crippen molar-refractivity contribution in [3.05, 3.63) is 31.1 Å². The second-order valence-corrected chi connectivity index (χ2v) is 6.69. The van der Waals surface area contributed by atoms with Crippen LogP contribution >= 0.6 is 0 Å². The van der Waals surface area contributed by atoms with Crippen molar-refractivity contribution in [3.8, 4) is 5.69 Å². The molecule has 1 fully saturated rings. The van der Waals surface area contributed by atoms with Crippen molar-refractivity contribution in [1.82, 2.24) is 19.3 Å². The number of nitrogens with zero attached hydrogens (tertiary/aromatic N) is 4. The van der Waals surface area contributed by atoms with Crippen molar-refractivity contribution in [3.63, 3.8) is 0 Å². The van der Waals surface area contributed by atoms with E-state index in [2.05, 4.69) is 41.7 Å². The topological polar surface area (TPSA) is 35.6 Å². The van der Waals surface area contributed by atoms with Gasteiger partial charge < -0.3 is 4.57 Å². The van der Waals surface area contributed by atoms with E-state index < -0.39 is 0 Å². The molecule has 3 rings (SSSR count). The summed E-state index contributed by atoms with van der Waals surface area (Å²) in [6.45, 7) is 7.03. The molecule has 1 aliphatic carbocycles. The molecular formula is C16H24N4. The average Bonchev–Trinajstić information content (AvgIpc) is 3.10. The third kappa shape index (κ3) is 2.39. The number of imidazole rings is 1. The molecular weight excluding hydrogens is 248 g/mol. The Bertz CT molecular complexity index is 545. The van der Waals surface area contributed by atoms with E-state index in [0.717, 1.165) is 17.5 Å². The number of hydrogen-bond acceptors (Lipinski definition) is 2. The molecule has 1 saturated carbocycles. The molecule has 2 heterocycles. The summed E-state index contributed by atoms with van der Waals surface area (Å²) in [5, 5.41) is 4.61. The van der Waals surface area contributed by atoms with Gasteiger partial charge in [-0.05, 0) is 44.4 Å². The molecule has 0 spiro atoms. The van der Waals surface area contributed by atoms with Gasteiger partial charge in [0.15, 0.2) is 0 Å². The molecule has 0 bridgehead atoms. The van der Waals surface area contributed by atoms with Crippen LogP contribution in [0, 0.1) is 11.8 Å². The van der Waals surface area contributed by atoms with Crippen LogP contribution in [0.1, 0.15) is 46.5 Å². The molecule has 0 aliphatic heterocycles. The Morgan fingerprint density at radius 2 is 2.05 bits per heavy atom. The fourth-order valence-electron chi connectivity index (χ4n) is 3.31. The van der Waals surface area contributed by atoms with Crippen LogP contribution in [0.3, 0.4) is 0 Å². The minimum Gasteiger partial charge on any atom is -0.303 e. The lowest BCUT2D eigenvalue weighted by Gasteiger charge is -2.39. The Morgan fingerprint density at radius 3 is 2.65 bits per heavy atom. The molecule has 0 amide bonds. The van der Waals surface area contributed by atoms with Gasteiger partial charge in [0.05, 0.1) is 23.8 Å². The highest BCUT2D eigenvalue weighted by Crippen LogP contribution is 2.39. The van der Waals surface area contributed by atoms with Crippen LogP contribution in [0.4, 0.5) is 0 Å². The monoisotopic (exact) mass is 272 g/mol. The molecule has 2 aromatic heterocycles. The average molecular weight is 272 g/mol. The molecule has 0 radical (unpaired) electrons. The van der Waals surface area contributed by atoms with Gasteiger partial charge in [-0.15, -0.1) is 0 Å². The van der Waals surface area contributed by atoms with Crippen molar-refractivity contribution in [1.29, 1.82) is 0 Å². The molecule has 0 saturated heterocycles. The molecule has 0 atom stereocenters. The van der Waals surface area contributed by atoms with Crippen LogP contribution < -0.4 is 0 Å². The Hall–Kier alpha value is -1.58. The maximum atomic E-state index is 4.61. The first-order valence-electron chi connectivity index (χ1n) is 7.62. The Kier molecular flexibility index (Phi) is 3.40. The zero-order valence-corrected chi connectivity index (χ0v) is 12.7. The molecule has 0 aromatic carbocycles. The van der Waals surface area contributed by atoms with E-state index in [1.54, 1.807) is 6.20 Å². The summed E-state index contributed by atoms with van der Waals surface area (Å²) in [5.41, 5.74) is 1.26. The van der Waals surface area contributed by atoms with Crippen molar-refractivity contribution in [2.24, 2.45) is 11.8 Å². The minimum absolute atomic E-state index is 0.171. The number of aromatic nitrogens is 4. The zero-order valence-electron chi connectivity index (χ0n) is 12.7. The van der Waals surface area contributed by atoms with Crippen LogP contribution in [0.5, 0.6) is 0 Å². The van der Waals surface area contributed by atoms with Gasteiger partial charge in [0.2, 0.25) is 0 Å². The van der Waals surface area contributed by atoms with Crippen molar-refractivity contribution in [2.45, 2.75) is 52.0 Å². The first kappa shape index (κ1) is 13.4. The lowest BCUT2D eigenvalue weighted by Crippen LogP contribution is -2.36. The molecule has 1 aliphatic rings. The fraction of sp³-hybridized carbons (Fsp3) is 0.625. The van der Waals surface area contributed by atoms with Crippen LogP contribution in [0.25, 0.3) is 5.69 Å². The molecule has 0 N–H and O–H groups in total. The second-order valence-electron chi connectivity index (χ2n) is 6.69. The standard InChI is InChI=1S/C16H24N4/c1-13(2)14-4-6-16(3,7-5-14)20-11-15(10-18-20)19-9-8-17-12-19/h8-14H,4-7H2,1-3H3. The van der Waals surface area contributed by atoms with E-state index in [9.17, 15) is 0 Å².